The fraction of sp³-hybridized carbons (Fsp3) is 0. The number of nitrogen functional groups attached to an aromatic ring is 3. The maximum atomic E-state index is 6.13. The van der Waals surface area contributed by atoms with Crippen LogP contribution in [0.4, 0.5) is 17.1 Å². The van der Waals surface area contributed by atoms with Gasteiger partial charge in [0.25, 0.3) is 8.08 Å². The van der Waals surface area contributed by atoms with E-state index in [1.54, 1.807) is 77.1 Å². The van der Waals surface area contributed by atoms with Crippen molar-refractivity contribution in [2.24, 2.45) is 0 Å². The fourth-order valence-corrected chi connectivity index (χ4v) is 6.88. The lowest BCUT2D eigenvalue weighted by molar-refractivity contribution is 0.259. The van der Waals surface area contributed by atoms with E-state index < -0.39 is 16.2 Å². The van der Waals surface area contributed by atoms with Gasteiger partial charge in [-0.2, -0.15) is 0 Å². The molecule has 0 fully saturated rings. The van der Waals surface area contributed by atoms with Gasteiger partial charge in [0.15, 0.2) is 5.75 Å². The SMILES string of the molecule is Nc1ccc(On2p(Oc3ccc(N)cc3)np[nH]p2Oc2ccc(N)cc2)cc1. The van der Waals surface area contributed by atoms with Gasteiger partial charge < -0.3 is 31.1 Å². The minimum Gasteiger partial charge on any atom is -0.415 e. The summed E-state index contributed by atoms with van der Waals surface area (Å²) in [4.78, 5) is 6.10. The van der Waals surface area contributed by atoms with E-state index in [-0.39, 0.29) is 0 Å². The number of hydrogen-bond acceptors (Lipinski definition) is 7. The third-order valence-electron chi connectivity index (χ3n) is 3.76. The summed E-state index contributed by atoms with van der Waals surface area (Å²) in [6.07, 6.45) is 0. The van der Waals surface area contributed by atoms with Crippen molar-refractivity contribution in [2.75, 3.05) is 17.2 Å². The van der Waals surface area contributed by atoms with Crippen LogP contribution < -0.4 is 31.1 Å². The Balaban J connectivity index is 1.71. The summed E-state index contributed by atoms with van der Waals surface area (Å²) < 4.78 is 21.5. The molecule has 12 heteroatoms. The van der Waals surface area contributed by atoms with Crippen molar-refractivity contribution in [1.29, 1.82) is 0 Å². The number of H-pyrrole nitrogens is 1. The third-order valence-corrected chi connectivity index (χ3v) is 8.24. The lowest BCUT2D eigenvalue weighted by Crippen LogP contribution is -2.08. The van der Waals surface area contributed by atoms with E-state index in [1.807, 2.05) is 0 Å². The molecule has 0 spiro atoms. The molecule has 3 aromatic carbocycles. The molecule has 0 aliphatic heterocycles. The van der Waals surface area contributed by atoms with Gasteiger partial charge in [-0.25, -0.2) is 0 Å². The van der Waals surface area contributed by atoms with Crippen LogP contribution in [0.3, 0.4) is 0 Å². The second-order valence-electron chi connectivity index (χ2n) is 6.05. The first kappa shape index (κ1) is 20.0. The molecule has 0 aliphatic rings. The Labute approximate surface area is 176 Å². The van der Waals surface area contributed by atoms with Crippen molar-refractivity contribution in [3.8, 4) is 17.2 Å². The number of nitrogens with zero attached hydrogens (tertiary/aromatic N) is 2. The van der Waals surface area contributed by atoms with Crippen LogP contribution in [-0.4, -0.2) is 13.3 Å². The molecule has 0 saturated heterocycles. The molecule has 2 unspecified atom stereocenters. The average molecular weight is 460 g/mol. The number of anilines is 3. The topological polar surface area (TPSA) is 139 Å². The van der Waals surface area contributed by atoms with Crippen molar-refractivity contribution >= 4 is 41.7 Å². The van der Waals surface area contributed by atoms with Gasteiger partial charge in [-0.15, -0.1) is 4.51 Å². The Kier molecular flexibility index (Phi) is 6.05. The monoisotopic (exact) mass is 460 g/mol. The molecule has 0 radical (unpaired) electrons. The molecule has 9 nitrogen and oxygen atoms in total. The van der Waals surface area contributed by atoms with Gasteiger partial charge in [-0.3, -0.25) is 4.51 Å². The maximum Gasteiger partial charge on any atom is 0.305 e. The van der Waals surface area contributed by atoms with Crippen molar-refractivity contribution in [2.45, 2.75) is 0 Å². The van der Waals surface area contributed by atoms with Crippen LogP contribution in [0.2, 0.25) is 0 Å². The first-order valence-electron chi connectivity index (χ1n) is 8.74. The second-order valence-corrected chi connectivity index (χ2v) is 10.2. The molecule has 30 heavy (non-hydrogen) atoms. The Morgan fingerprint density at radius 3 is 1.70 bits per heavy atom. The van der Waals surface area contributed by atoms with Gasteiger partial charge in [0, 0.05) is 17.1 Å². The van der Waals surface area contributed by atoms with Gasteiger partial charge in [-0.1, -0.05) is 4.26 Å². The normalized spacial score (nSPS) is 11.9. The lowest BCUT2D eigenvalue weighted by atomic mass is 10.3. The standard InChI is InChI=1S/C18H19N6O3P3/c19-13-1-7-16(8-2-13)25-24-29(26-17-9-3-14(20)4-10-17)22-28-23-30(24)27-18-11-5-15(21)6-12-18/h1-12H,19-21H2,(H,22,23). The predicted molar refractivity (Wildman–Crippen MR) is 123 cm³/mol. The van der Waals surface area contributed by atoms with E-state index in [4.69, 9.17) is 31.1 Å². The highest BCUT2D eigenvalue weighted by atomic mass is 31.2. The summed E-state index contributed by atoms with van der Waals surface area (Å²) in [6, 6.07) is 21.3. The molecule has 4 rings (SSSR count). The Morgan fingerprint density at radius 1 is 0.700 bits per heavy atom. The van der Waals surface area contributed by atoms with Crippen molar-refractivity contribution in [3.63, 3.8) is 0 Å². The first-order valence-corrected chi connectivity index (χ1v) is 12.0. The number of aromatic amines is 1. The van der Waals surface area contributed by atoms with Gasteiger partial charge in [0.1, 0.15) is 20.0 Å². The summed E-state index contributed by atoms with van der Waals surface area (Å²) in [7, 11) is -2.33. The smallest absolute Gasteiger partial charge is 0.305 e. The summed E-state index contributed by atoms with van der Waals surface area (Å²) in [5, 5.41) is 0. The van der Waals surface area contributed by atoms with Crippen LogP contribution in [0.1, 0.15) is 0 Å². The molecular weight excluding hydrogens is 441 g/mol. The van der Waals surface area contributed by atoms with Gasteiger partial charge in [-0.05, 0) is 72.8 Å². The molecule has 1 aromatic heterocycles. The number of hydrogen-bond donors (Lipinski definition) is 4. The molecule has 7 N–H and O–H groups in total. The highest BCUT2D eigenvalue weighted by Gasteiger charge is 2.15. The molecule has 154 valence electrons. The van der Waals surface area contributed by atoms with Crippen molar-refractivity contribution in [3.05, 3.63) is 72.8 Å². The second kappa shape index (κ2) is 9.06. The van der Waals surface area contributed by atoms with E-state index >= 15 is 0 Å². The molecule has 0 bridgehead atoms. The predicted octanol–water partition coefficient (Wildman–Crippen LogP) is 5.16. The molecule has 0 saturated carbocycles. The number of nitrogens with two attached hydrogens (primary N) is 3. The summed E-state index contributed by atoms with van der Waals surface area (Å²) in [5.74, 6) is 1.86. The van der Waals surface area contributed by atoms with E-state index in [1.165, 1.54) is 0 Å². The Hall–Kier alpha value is -3.24. The Morgan fingerprint density at radius 2 is 1.17 bits per heavy atom. The van der Waals surface area contributed by atoms with Crippen LogP contribution in [0, 0.1) is 0 Å². The van der Waals surface area contributed by atoms with E-state index in [0.29, 0.717) is 42.8 Å². The quantitative estimate of drug-likeness (QED) is 0.291. The largest absolute Gasteiger partial charge is 0.415 e. The van der Waals surface area contributed by atoms with E-state index in [0.717, 1.165) is 0 Å². The van der Waals surface area contributed by atoms with Crippen molar-refractivity contribution in [1.82, 2.24) is 13.3 Å². The summed E-state index contributed by atoms with van der Waals surface area (Å²) in [6.45, 7) is 0. The van der Waals surface area contributed by atoms with Crippen LogP contribution in [0.15, 0.2) is 72.8 Å². The minimum absolute atomic E-state index is 0.585. The molecule has 4 aromatic rings. The minimum atomic E-state index is -1.53. The molecule has 2 atom stereocenters. The highest BCUT2D eigenvalue weighted by molar-refractivity contribution is 7.55. The van der Waals surface area contributed by atoms with Crippen LogP contribution in [0.25, 0.3) is 0 Å². The number of aromatic nitrogens is 3. The zero-order valence-electron chi connectivity index (χ0n) is 15.6. The van der Waals surface area contributed by atoms with Crippen molar-refractivity contribution < 1.29 is 13.9 Å². The zero-order chi connectivity index (χ0) is 20.9. The van der Waals surface area contributed by atoms with Gasteiger partial charge in [0.05, 0.1) is 0 Å². The zero-order valence-corrected chi connectivity index (χ0v) is 18.3. The molecular formula is C18H19N6O3P3. The van der Waals surface area contributed by atoms with Crippen LogP contribution >= 0.6 is 24.7 Å². The molecule has 1 heterocycles. The Bertz CT molecular complexity index is 1080. The van der Waals surface area contributed by atoms with E-state index in [9.17, 15) is 0 Å². The average Bonchev–Trinajstić information content (AvgIpc) is 2.75. The highest BCUT2D eigenvalue weighted by Crippen LogP contribution is 2.39. The number of rotatable bonds is 6. The summed E-state index contributed by atoms with van der Waals surface area (Å²) >= 11 is 0. The van der Waals surface area contributed by atoms with Crippen LogP contribution in [-0.2, 0) is 0 Å². The van der Waals surface area contributed by atoms with Gasteiger partial charge >= 0.3 is 8.08 Å². The first-order chi connectivity index (χ1) is 14.6. The number of nitrogens with one attached hydrogen (secondary N) is 1. The molecule has 0 amide bonds. The fourth-order valence-electron chi connectivity index (χ4n) is 2.29. The van der Waals surface area contributed by atoms with Crippen LogP contribution in [0.5, 0.6) is 17.2 Å². The maximum absolute atomic E-state index is 6.13. The van der Waals surface area contributed by atoms with Gasteiger partial charge in [0.2, 0.25) is 0 Å². The lowest BCUT2D eigenvalue weighted by Gasteiger charge is -2.17. The molecule has 0 aliphatic carbocycles. The summed E-state index contributed by atoms with van der Waals surface area (Å²) in [5.41, 5.74) is 19.3. The number of benzene rings is 3. The van der Waals surface area contributed by atoms with E-state index in [2.05, 4.69) is 9.02 Å². The third kappa shape index (κ3) is 5.02.